The van der Waals surface area contributed by atoms with Crippen molar-refractivity contribution in [2.24, 2.45) is 0 Å². The maximum absolute atomic E-state index is 12.0. The number of anilines is 1. The standard InChI is InChI=1S/C14H23N3O/c1-6-7-16-13(18)10-8-11(14(2,3)4)17-12(9-10)15-5/h8-9H,6-7H2,1-5H3,(H,15,17)(H,16,18). The zero-order chi connectivity index (χ0) is 13.8. The van der Waals surface area contributed by atoms with E-state index in [1.54, 1.807) is 6.07 Å². The van der Waals surface area contributed by atoms with E-state index in [4.69, 9.17) is 0 Å². The van der Waals surface area contributed by atoms with Crippen molar-refractivity contribution >= 4 is 11.7 Å². The number of pyridine rings is 1. The molecule has 4 heteroatoms. The summed E-state index contributed by atoms with van der Waals surface area (Å²) in [6, 6.07) is 3.64. The van der Waals surface area contributed by atoms with E-state index >= 15 is 0 Å². The molecule has 0 aliphatic carbocycles. The predicted molar refractivity (Wildman–Crippen MR) is 75.1 cm³/mol. The molecule has 0 radical (unpaired) electrons. The molecule has 0 unspecified atom stereocenters. The molecular formula is C14H23N3O. The van der Waals surface area contributed by atoms with E-state index in [0.29, 0.717) is 12.1 Å². The Bertz CT molecular complexity index is 422. The summed E-state index contributed by atoms with van der Waals surface area (Å²) in [7, 11) is 1.81. The summed E-state index contributed by atoms with van der Waals surface area (Å²) in [5.41, 5.74) is 1.50. The summed E-state index contributed by atoms with van der Waals surface area (Å²) in [5.74, 6) is 0.685. The Balaban J connectivity index is 3.08. The molecule has 1 aromatic heterocycles. The van der Waals surface area contributed by atoms with Crippen LogP contribution in [0.2, 0.25) is 0 Å². The minimum absolute atomic E-state index is 0.0405. The second-order valence-corrected chi connectivity index (χ2v) is 5.38. The molecule has 0 saturated carbocycles. The molecule has 0 spiro atoms. The summed E-state index contributed by atoms with van der Waals surface area (Å²) in [6.45, 7) is 8.99. The van der Waals surface area contributed by atoms with Gasteiger partial charge in [-0.3, -0.25) is 4.79 Å². The zero-order valence-electron chi connectivity index (χ0n) is 11.9. The lowest BCUT2D eigenvalue weighted by molar-refractivity contribution is 0.0953. The van der Waals surface area contributed by atoms with Crippen molar-refractivity contribution in [1.29, 1.82) is 0 Å². The number of amides is 1. The van der Waals surface area contributed by atoms with Gasteiger partial charge in [-0.05, 0) is 18.6 Å². The van der Waals surface area contributed by atoms with Crippen molar-refractivity contribution in [3.05, 3.63) is 23.4 Å². The Kier molecular flexibility index (Phi) is 4.70. The number of hydrogen-bond donors (Lipinski definition) is 2. The highest BCUT2D eigenvalue weighted by Crippen LogP contribution is 2.23. The van der Waals surface area contributed by atoms with E-state index in [-0.39, 0.29) is 11.3 Å². The van der Waals surface area contributed by atoms with Gasteiger partial charge in [0.1, 0.15) is 5.82 Å². The second kappa shape index (κ2) is 5.85. The smallest absolute Gasteiger partial charge is 0.251 e. The fraction of sp³-hybridized carbons (Fsp3) is 0.571. The van der Waals surface area contributed by atoms with Crippen molar-refractivity contribution < 1.29 is 4.79 Å². The summed E-state index contributed by atoms with van der Waals surface area (Å²) < 4.78 is 0. The highest BCUT2D eigenvalue weighted by molar-refractivity contribution is 5.95. The highest BCUT2D eigenvalue weighted by Gasteiger charge is 2.18. The number of nitrogens with one attached hydrogen (secondary N) is 2. The largest absolute Gasteiger partial charge is 0.373 e. The molecule has 0 aliphatic rings. The molecule has 1 aromatic rings. The van der Waals surface area contributed by atoms with E-state index in [1.807, 2.05) is 20.0 Å². The van der Waals surface area contributed by atoms with Gasteiger partial charge in [-0.1, -0.05) is 27.7 Å². The van der Waals surface area contributed by atoms with Crippen LogP contribution in [0.4, 0.5) is 5.82 Å². The Labute approximate surface area is 109 Å². The van der Waals surface area contributed by atoms with Crippen LogP contribution in [0.5, 0.6) is 0 Å². The molecule has 0 fully saturated rings. The van der Waals surface area contributed by atoms with Gasteiger partial charge in [0.05, 0.1) is 0 Å². The van der Waals surface area contributed by atoms with Crippen LogP contribution in [0.1, 0.15) is 50.2 Å². The van der Waals surface area contributed by atoms with Crippen molar-refractivity contribution in [3.63, 3.8) is 0 Å². The predicted octanol–water partition coefficient (Wildman–Crippen LogP) is 2.56. The zero-order valence-corrected chi connectivity index (χ0v) is 11.9. The van der Waals surface area contributed by atoms with Crippen molar-refractivity contribution in [2.75, 3.05) is 18.9 Å². The van der Waals surface area contributed by atoms with Crippen LogP contribution in [0.15, 0.2) is 12.1 Å². The molecule has 0 atom stereocenters. The van der Waals surface area contributed by atoms with E-state index in [0.717, 1.165) is 17.9 Å². The number of nitrogens with zero attached hydrogens (tertiary/aromatic N) is 1. The van der Waals surface area contributed by atoms with Gasteiger partial charge < -0.3 is 10.6 Å². The topological polar surface area (TPSA) is 54.0 Å². The van der Waals surface area contributed by atoms with Crippen LogP contribution in [-0.4, -0.2) is 24.5 Å². The van der Waals surface area contributed by atoms with Gasteiger partial charge in [-0.15, -0.1) is 0 Å². The monoisotopic (exact) mass is 249 g/mol. The fourth-order valence-electron chi connectivity index (χ4n) is 1.51. The van der Waals surface area contributed by atoms with Gasteiger partial charge in [-0.2, -0.15) is 0 Å². The van der Waals surface area contributed by atoms with Crippen LogP contribution in [0, 0.1) is 0 Å². The second-order valence-electron chi connectivity index (χ2n) is 5.38. The molecule has 1 amide bonds. The number of aromatic nitrogens is 1. The molecule has 2 N–H and O–H groups in total. The van der Waals surface area contributed by atoms with E-state index in [1.165, 1.54) is 0 Å². The average molecular weight is 249 g/mol. The quantitative estimate of drug-likeness (QED) is 0.862. The van der Waals surface area contributed by atoms with Crippen molar-refractivity contribution in [3.8, 4) is 0 Å². The minimum Gasteiger partial charge on any atom is -0.373 e. The summed E-state index contributed by atoms with van der Waals surface area (Å²) >= 11 is 0. The SMILES string of the molecule is CCCNC(=O)c1cc(NC)nc(C(C)(C)C)c1. The van der Waals surface area contributed by atoms with Gasteiger partial charge in [0.15, 0.2) is 0 Å². The van der Waals surface area contributed by atoms with Crippen molar-refractivity contribution in [2.45, 2.75) is 39.5 Å². The van der Waals surface area contributed by atoms with Gasteiger partial charge >= 0.3 is 0 Å². The normalized spacial score (nSPS) is 11.2. The first-order chi connectivity index (χ1) is 8.38. The number of carbonyl (C=O) groups excluding carboxylic acids is 1. The van der Waals surface area contributed by atoms with Crippen LogP contribution < -0.4 is 10.6 Å². The molecule has 0 bridgehead atoms. The van der Waals surface area contributed by atoms with Gasteiger partial charge in [-0.25, -0.2) is 4.98 Å². The molecule has 1 heterocycles. The van der Waals surface area contributed by atoms with Crippen LogP contribution in [0.25, 0.3) is 0 Å². The lowest BCUT2D eigenvalue weighted by atomic mass is 9.90. The molecule has 0 aromatic carbocycles. The molecule has 100 valence electrons. The lowest BCUT2D eigenvalue weighted by Gasteiger charge is -2.19. The van der Waals surface area contributed by atoms with Crippen LogP contribution >= 0.6 is 0 Å². The molecule has 0 saturated heterocycles. The third-order valence-corrected chi connectivity index (χ3v) is 2.65. The molecule has 18 heavy (non-hydrogen) atoms. The number of hydrogen-bond acceptors (Lipinski definition) is 3. The van der Waals surface area contributed by atoms with E-state index < -0.39 is 0 Å². The number of rotatable bonds is 4. The van der Waals surface area contributed by atoms with Crippen LogP contribution in [-0.2, 0) is 5.41 Å². The maximum atomic E-state index is 12.0. The first-order valence-corrected chi connectivity index (χ1v) is 6.37. The summed E-state index contributed by atoms with van der Waals surface area (Å²) in [6.07, 6.45) is 0.932. The maximum Gasteiger partial charge on any atom is 0.251 e. The number of carbonyl (C=O) groups is 1. The van der Waals surface area contributed by atoms with E-state index in [9.17, 15) is 4.79 Å². The first-order valence-electron chi connectivity index (χ1n) is 6.37. The van der Waals surface area contributed by atoms with Gasteiger partial charge in [0.2, 0.25) is 0 Å². The van der Waals surface area contributed by atoms with Gasteiger partial charge in [0, 0.05) is 30.3 Å². The Morgan fingerprint density at radius 1 is 1.33 bits per heavy atom. The molecule has 4 nitrogen and oxygen atoms in total. The van der Waals surface area contributed by atoms with Crippen LogP contribution in [0.3, 0.4) is 0 Å². The Morgan fingerprint density at radius 2 is 2.00 bits per heavy atom. The van der Waals surface area contributed by atoms with E-state index in [2.05, 4.69) is 36.4 Å². The van der Waals surface area contributed by atoms with Gasteiger partial charge in [0.25, 0.3) is 5.91 Å². The third kappa shape index (κ3) is 3.72. The Hall–Kier alpha value is -1.58. The lowest BCUT2D eigenvalue weighted by Crippen LogP contribution is -2.25. The molecule has 0 aliphatic heterocycles. The first kappa shape index (κ1) is 14.5. The minimum atomic E-state index is -0.0767. The molecule has 1 rings (SSSR count). The van der Waals surface area contributed by atoms with Crippen molar-refractivity contribution in [1.82, 2.24) is 10.3 Å². The summed E-state index contributed by atoms with van der Waals surface area (Å²) in [5, 5.41) is 5.88. The third-order valence-electron chi connectivity index (χ3n) is 2.65. The average Bonchev–Trinajstić information content (AvgIpc) is 2.34. The Morgan fingerprint density at radius 3 is 2.50 bits per heavy atom. The molecular weight excluding hydrogens is 226 g/mol. The highest BCUT2D eigenvalue weighted by atomic mass is 16.1. The summed E-state index contributed by atoms with van der Waals surface area (Å²) in [4.78, 5) is 16.5. The fourth-order valence-corrected chi connectivity index (χ4v) is 1.51.